The van der Waals surface area contributed by atoms with Gasteiger partial charge in [0, 0.05) is 11.1 Å². The first-order valence-corrected chi connectivity index (χ1v) is 10.7. The molecule has 0 fully saturated rings. The van der Waals surface area contributed by atoms with Crippen LogP contribution in [0, 0.1) is 0 Å². The first-order valence-electron chi connectivity index (χ1n) is 10.7. The van der Waals surface area contributed by atoms with Gasteiger partial charge in [0.1, 0.15) is 5.69 Å². The molecule has 1 aliphatic rings. The topological polar surface area (TPSA) is 75.1 Å². The molecule has 0 bridgehead atoms. The Hall–Kier alpha value is -3.83. The van der Waals surface area contributed by atoms with Crippen LogP contribution < -0.4 is 5.32 Å². The lowest BCUT2D eigenvalue weighted by atomic mass is 9.90. The molecule has 5 heteroatoms. The Morgan fingerprint density at radius 1 is 0.844 bits per heavy atom. The largest absolute Gasteiger partial charge is 0.392 e. The van der Waals surface area contributed by atoms with Crippen LogP contribution in [0.2, 0.25) is 0 Å². The summed E-state index contributed by atoms with van der Waals surface area (Å²) in [6, 6.07) is 25.4. The smallest absolute Gasteiger partial charge is 0.230 e. The number of nitrogens with one attached hydrogen (secondary N) is 1. The third kappa shape index (κ3) is 4.03. The fourth-order valence-corrected chi connectivity index (χ4v) is 4.14. The molecule has 2 N–H and O–H groups in total. The van der Waals surface area contributed by atoms with Crippen LogP contribution >= 0.6 is 0 Å². The summed E-state index contributed by atoms with van der Waals surface area (Å²) in [7, 11) is 0. The van der Waals surface area contributed by atoms with Gasteiger partial charge in [0.25, 0.3) is 0 Å². The van der Waals surface area contributed by atoms with Gasteiger partial charge in [-0.15, -0.1) is 0 Å². The number of aryl methyl sites for hydroxylation is 2. The van der Waals surface area contributed by atoms with E-state index in [2.05, 4.69) is 5.32 Å². The molecule has 3 aromatic carbocycles. The van der Waals surface area contributed by atoms with Gasteiger partial charge in [-0.05, 0) is 29.5 Å². The van der Waals surface area contributed by atoms with Gasteiger partial charge in [0.05, 0.1) is 24.4 Å². The lowest BCUT2D eigenvalue weighted by Gasteiger charge is -2.21. The third-order valence-corrected chi connectivity index (χ3v) is 5.72. The minimum absolute atomic E-state index is 0.0213. The summed E-state index contributed by atoms with van der Waals surface area (Å²) in [4.78, 5) is 22.7. The van der Waals surface area contributed by atoms with Crippen molar-refractivity contribution in [1.82, 2.24) is 9.97 Å². The van der Waals surface area contributed by atoms with Crippen molar-refractivity contribution < 1.29 is 9.90 Å². The van der Waals surface area contributed by atoms with E-state index in [1.807, 2.05) is 78.9 Å². The zero-order valence-electron chi connectivity index (χ0n) is 17.6. The predicted octanol–water partition coefficient (Wildman–Crippen LogP) is 4.58. The lowest BCUT2D eigenvalue weighted by molar-refractivity contribution is -0.115. The van der Waals surface area contributed by atoms with Crippen molar-refractivity contribution in [3.05, 3.63) is 101 Å². The molecule has 0 saturated heterocycles. The highest BCUT2D eigenvalue weighted by molar-refractivity contribution is 5.95. The number of amides is 1. The molecule has 0 saturated carbocycles. The maximum absolute atomic E-state index is 12.8. The monoisotopic (exact) mass is 421 g/mol. The number of aromatic nitrogens is 2. The zero-order chi connectivity index (χ0) is 21.9. The molecule has 1 aliphatic carbocycles. The summed E-state index contributed by atoms with van der Waals surface area (Å²) in [5.41, 5.74) is 7.33. The fourth-order valence-electron chi connectivity index (χ4n) is 4.14. The van der Waals surface area contributed by atoms with E-state index in [9.17, 15) is 9.90 Å². The van der Waals surface area contributed by atoms with E-state index in [1.54, 1.807) is 0 Å². The number of aliphatic hydroxyl groups is 1. The Morgan fingerprint density at radius 3 is 2.34 bits per heavy atom. The normalized spacial score (nSPS) is 12.0. The first kappa shape index (κ1) is 20.1. The van der Waals surface area contributed by atoms with E-state index in [4.69, 9.17) is 9.97 Å². The Labute approximate surface area is 186 Å². The van der Waals surface area contributed by atoms with Crippen LogP contribution in [-0.4, -0.2) is 21.0 Å². The summed E-state index contributed by atoms with van der Waals surface area (Å²) in [6.45, 7) is 0.0213. The molecular weight excluding hydrogens is 398 g/mol. The number of anilines is 1. The van der Waals surface area contributed by atoms with Gasteiger partial charge in [-0.3, -0.25) is 4.79 Å². The molecule has 0 unspecified atom stereocenters. The number of hydrogen-bond donors (Lipinski definition) is 2. The molecule has 0 atom stereocenters. The quantitative estimate of drug-likeness (QED) is 0.495. The number of carbonyl (C=O) groups excluding carboxylic acids is 1. The van der Waals surface area contributed by atoms with E-state index in [0.717, 1.165) is 46.5 Å². The molecule has 1 amide bonds. The maximum Gasteiger partial charge on any atom is 0.230 e. The van der Waals surface area contributed by atoms with Crippen LogP contribution in [0.5, 0.6) is 0 Å². The number of aliphatic hydroxyl groups excluding tert-OH is 1. The van der Waals surface area contributed by atoms with E-state index < -0.39 is 0 Å². The standard InChI is InChI=1S/C27H23N3O2/c31-17-19-11-13-22-21(15-19)12-14-23-26(22)30-25(20-9-5-2-6-10-20)27(28-23)29-24(32)16-18-7-3-1-4-8-18/h1-11,13,15,31H,12,14,16-17H2,(H,28,29,32). The van der Waals surface area contributed by atoms with Gasteiger partial charge in [-0.1, -0.05) is 78.9 Å². The molecule has 158 valence electrons. The van der Waals surface area contributed by atoms with Gasteiger partial charge in [0.2, 0.25) is 5.91 Å². The molecule has 1 heterocycles. The molecule has 1 aromatic heterocycles. The molecule has 32 heavy (non-hydrogen) atoms. The molecule has 0 spiro atoms. The SMILES string of the molecule is O=C(Cc1ccccc1)Nc1nc2c(nc1-c1ccccc1)-c1ccc(CO)cc1CC2. The van der Waals surface area contributed by atoms with Gasteiger partial charge < -0.3 is 10.4 Å². The van der Waals surface area contributed by atoms with E-state index >= 15 is 0 Å². The van der Waals surface area contributed by atoms with E-state index in [0.29, 0.717) is 11.5 Å². The number of carbonyl (C=O) groups is 1. The maximum atomic E-state index is 12.8. The van der Waals surface area contributed by atoms with Crippen LogP contribution in [0.4, 0.5) is 5.82 Å². The van der Waals surface area contributed by atoms with Crippen LogP contribution in [0.1, 0.15) is 22.4 Å². The highest BCUT2D eigenvalue weighted by atomic mass is 16.3. The van der Waals surface area contributed by atoms with Gasteiger partial charge in [-0.25, -0.2) is 9.97 Å². The van der Waals surface area contributed by atoms with Crippen molar-refractivity contribution >= 4 is 11.7 Å². The number of nitrogens with zero attached hydrogens (tertiary/aromatic N) is 2. The average molecular weight is 422 g/mol. The Kier molecular flexibility index (Phi) is 5.48. The summed E-state index contributed by atoms with van der Waals surface area (Å²) in [6.07, 6.45) is 1.84. The lowest BCUT2D eigenvalue weighted by Crippen LogP contribution is -2.19. The fraction of sp³-hybridized carbons (Fsp3) is 0.148. The van der Waals surface area contributed by atoms with Gasteiger partial charge in [-0.2, -0.15) is 0 Å². The molecule has 0 radical (unpaired) electrons. The third-order valence-electron chi connectivity index (χ3n) is 5.72. The van der Waals surface area contributed by atoms with E-state index in [1.165, 1.54) is 5.56 Å². The number of rotatable bonds is 5. The highest BCUT2D eigenvalue weighted by Gasteiger charge is 2.23. The van der Waals surface area contributed by atoms with Gasteiger partial charge in [0.15, 0.2) is 5.82 Å². The molecule has 4 aromatic rings. The second-order valence-corrected chi connectivity index (χ2v) is 7.94. The molecule has 0 aliphatic heterocycles. The zero-order valence-corrected chi connectivity index (χ0v) is 17.6. The highest BCUT2D eigenvalue weighted by Crippen LogP contribution is 2.36. The van der Waals surface area contributed by atoms with Crippen molar-refractivity contribution in [1.29, 1.82) is 0 Å². The number of hydrogen-bond acceptors (Lipinski definition) is 4. The minimum Gasteiger partial charge on any atom is -0.392 e. The molecule has 5 nitrogen and oxygen atoms in total. The van der Waals surface area contributed by atoms with Crippen LogP contribution in [-0.2, 0) is 30.7 Å². The predicted molar refractivity (Wildman–Crippen MR) is 125 cm³/mol. The number of benzene rings is 3. The van der Waals surface area contributed by atoms with Gasteiger partial charge >= 0.3 is 0 Å². The summed E-state index contributed by atoms with van der Waals surface area (Å²) < 4.78 is 0. The van der Waals surface area contributed by atoms with Crippen LogP contribution in [0.3, 0.4) is 0 Å². The van der Waals surface area contributed by atoms with Crippen molar-refractivity contribution in [2.45, 2.75) is 25.9 Å². The second kappa shape index (κ2) is 8.73. The summed E-state index contributed by atoms with van der Waals surface area (Å²) >= 11 is 0. The summed E-state index contributed by atoms with van der Waals surface area (Å²) in [5.74, 6) is 0.373. The average Bonchev–Trinajstić information content (AvgIpc) is 2.84. The Morgan fingerprint density at radius 2 is 1.59 bits per heavy atom. The second-order valence-electron chi connectivity index (χ2n) is 7.94. The molecule has 5 rings (SSSR count). The Balaban J connectivity index is 1.56. The Bertz CT molecular complexity index is 1270. The van der Waals surface area contributed by atoms with E-state index in [-0.39, 0.29) is 18.9 Å². The van der Waals surface area contributed by atoms with Crippen LogP contribution in [0.15, 0.2) is 78.9 Å². The molecular formula is C27H23N3O2. The summed E-state index contributed by atoms with van der Waals surface area (Å²) in [5, 5.41) is 12.5. The van der Waals surface area contributed by atoms with Crippen molar-refractivity contribution in [3.63, 3.8) is 0 Å². The van der Waals surface area contributed by atoms with Crippen molar-refractivity contribution in [2.24, 2.45) is 0 Å². The number of fused-ring (bicyclic) bond motifs is 3. The first-order chi connectivity index (χ1) is 15.7. The van der Waals surface area contributed by atoms with Crippen LogP contribution in [0.25, 0.3) is 22.5 Å². The van der Waals surface area contributed by atoms with Crippen molar-refractivity contribution in [3.8, 4) is 22.5 Å². The minimum atomic E-state index is -0.119. The van der Waals surface area contributed by atoms with Crippen molar-refractivity contribution in [2.75, 3.05) is 5.32 Å².